The van der Waals surface area contributed by atoms with Gasteiger partial charge in [0.1, 0.15) is 5.82 Å². The van der Waals surface area contributed by atoms with Crippen molar-refractivity contribution >= 4 is 12.4 Å². The first kappa shape index (κ1) is 16.5. The van der Waals surface area contributed by atoms with Crippen molar-refractivity contribution in [3.8, 4) is 5.75 Å². The molecule has 1 nitrogen and oxygen atoms in total. The Kier molecular flexibility index (Phi) is 6.18. The van der Waals surface area contributed by atoms with E-state index in [0.717, 1.165) is 31.4 Å². The zero-order chi connectivity index (χ0) is 12.5. The van der Waals surface area contributed by atoms with Crippen LogP contribution in [-0.4, -0.2) is 13.6 Å². The quantitative estimate of drug-likeness (QED) is 0.549. The molecule has 1 aliphatic rings. The van der Waals surface area contributed by atoms with E-state index in [9.17, 15) is 17.3 Å². The van der Waals surface area contributed by atoms with Crippen molar-refractivity contribution < 1.29 is 73.5 Å². The molecular formula is C11H12BF4KO. The second-order valence-electron chi connectivity index (χ2n) is 4.34. The first-order valence-corrected chi connectivity index (χ1v) is 5.59. The van der Waals surface area contributed by atoms with Crippen LogP contribution in [0.25, 0.3) is 0 Å². The first-order chi connectivity index (χ1) is 7.97. The summed E-state index contributed by atoms with van der Waals surface area (Å²) in [5.74, 6) is -0.566. The molecule has 7 heteroatoms. The summed E-state index contributed by atoms with van der Waals surface area (Å²) in [5.41, 5.74) is -0.985. The summed E-state index contributed by atoms with van der Waals surface area (Å²) >= 11 is 0. The van der Waals surface area contributed by atoms with Crippen LogP contribution in [0.5, 0.6) is 5.75 Å². The molecular weight excluding hydrogens is 274 g/mol. The van der Waals surface area contributed by atoms with Crippen LogP contribution in [0.2, 0.25) is 0 Å². The van der Waals surface area contributed by atoms with E-state index in [-0.39, 0.29) is 63.7 Å². The Balaban J connectivity index is 0.00000162. The molecule has 0 aliphatic heterocycles. The molecule has 1 saturated carbocycles. The van der Waals surface area contributed by atoms with Gasteiger partial charge in [-0.05, 0) is 30.5 Å². The minimum Gasteiger partial charge on any atom is -0.497 e. The van der Waals surface area contributed by atoms with E-state index < -0.39 is 18.3 Å². The zero-order valence-corrected chi connectivity index (χ0v) is 13.3. The molecule has 1 aliphatic carbocycles. The van der Waals surface area contributed by atoms with E-state index in [1.54, 1.807) is 0 Å². The normalized spacial score (nSPS) is 15.1. The number of benzene rings is 1. The van der Waals surface area contributed by atoms with E-state index in [4.69, 9.17) is 4.74 Å². The van der Waals surface area contributed by atoms with Crippen LogP contribution in [0.3, 0.4) is 0 Å². The third kappa shape index (κ3) is 4.85. The molecule has 0 amide bonds. The molecule has 0 bridgehead atoms. The molecule has 18 heavy (non-hydrogen) atoms. The van der Waals surface area contributed by atoms with Crippen molar-refractivity contribution in [3.63, 3.8) is 0 Å². The Morgan fingerprint density at radius 1 is 1.22 bits per heavy atom. The predicted molar refractivity (Wildman–Crippen MR) is 57.9 cm³/mol. The van der Waals surface area contributed by atoms with E-state index in [1.165, 1.54) is 0 Å². The van der Waals surface area contributed by atoms with Gasteiger partial charge in [-0.1, -0.05) is 18.3 Å². The molecule has 2 rings (SSSR count). The Bertz CT molecular complexity index is 407. The van der Waals surface area contributed by atoms with Crippen LogP contribution in [0.4, 0.5) is 17.3 Å². The maximum atomic E-state index is 12.8. The molecule has 0 unspecified atom stereocenters. The van der Waals surface area contributed by atoms with Gasteiger partial charge < -0.3 is 17.7 Å². The molecule has 1 aromatic rings. The van der Waals surface area contributed by atoms with Gasteiger partial charge in [0.2, 0.25) is 0 Å². The summed E-state index contributed by atoms with van der Waals surface area (Å²) in [6.45, 7) is -4.98. The van der Waals surface area contributed by atoms with Gasteiger partial charge in [-0.25, -0.2) is 4.39 Å². The molecule has 0 saturated heterocycles. The van der Waals surface area contributed by atoms with Gasteiger partial charge in [0.15, 0.2) is 0 Å². The number of hydrogen-bond donors (Lipinski definition) is 0. The SMILES string of the molecule is Fc1ccc(OCCC2CC2)c([B-](F)(F)F)c1.[K+]. The Morgan fingerprint density at radius 3 is 2.44 bits per heavy atom. The summed E-state index contributed by atoms with van der Waals surface area (Å²) in [4.78, 5) is 0. The van der Waals surface area contributed by atoms with E-state index in [1.807, 2.05) is 0 Å². The topological polar surface area (TPSA) is 9.23 Å². The van der Waals surface area contributed by atoms with Crippen LogP contribution in [0.15, 0.2) is 18.2 Å². The molecule has 0 N–H and O–H groups in total. The van der Waals surface area contributed by atoms with Crippen LogP contribution < -0.4 is 61.6 Å². The van der Waals surface area contributed by atoms with Crippen molar-refractivity contribution in [2.24, 2.45) is 5.92 Å². The van der Waals surface area contributed by atoms with Crippen LogP contribution in [0, 0.1) is 11.7 Å². The van der Waals surface area contributed by atoms with Crippen LogP contribution in [0.1, 0.15) is 19.3 Å². The van der Waals surface area contributed by atoms with Crippen molar-refractivity contribution in [3.05, 3.63) is 24.0 Å². The molecule has 94 valence electrons. The van der Waals surface area contributed by atoms with E-state index in [2.05, 4.69) is 0 Å². The monoisotopic (exact) mass is 286 g/mol. The third-order valence-corrected chi connectivity index (χ3v) is 2.81. The Hall–Kier alpha value is 0.441. The Labute approximate surface area is 146 Å². The maximum Gasteiger partial charge on any atom is 1.00 e. The smallest absolute Gasteiger partial charge is 0.497 e. The Morgan fingerprint density at radius 2 is 1.89 bits per heavy atom. The van der Waals surface area contributed by atoms with Crippen molar-refractivity contribution in [1.82, 2.24) is 0 Å². The fourth-order valence-electron chi connectivity index (χ4n) is 1.65. The predicted octanol–water partition coefficient (Wildman–Crippen LogP) is 0.0630. The second-order valence-corrected chi connectivity index (χ2v) is 4.34. The average Bonchev–Trinajstić information content (AvgIpc) is 3.02. The van der Waals surface area contributed by atoms with Gasteiger partial charge >= 0.3 is 58.4 Å². The molecule has 0 atom stereocenters. The van der Waals surface area contributed by atoms with Gasteiger partial charge in [0.25, 0.3) is 0 Å². The van der Waals surface area contributed by atoms with Crippen molar-refractivity contribution in [2.75, 3.05) is 6.61 Å². The minimum atomic E-state index is -5.24. The van der Waals surface area contributed by atoms with Gasteiger partial charge in [-0.3, -0.25) is 0 Å². The van der Waals surface area contributed by atoms with Gasteiger partial charge in [-0.15, -0.1) is 0 Å². The molecule has 1 fully saturated rings. The molecule has 0 heterocycles. The number of rotatable bonds is 5. The summed E-state index contributed by atoms with van der Waals surface area (Å²) < 4.78 is 55.8. The van der Waals surface area contributed by atoms with Crippen LogP contribution >= 0.6 is 0 Å². The number of hydrogen-bond acceptors (Lipinski definition) is 1. The fraction of sp³-hybridized carbons (Fsp3) is 0.455. The van der Waals surface area contributed by atoms with E-state index >= 15 is 0 Å². The summed E-state index contributed by atoms with van der Waals surface area (Å²) in [7, 11) is 0. The largest absolute Gasteiger partial charge is 1.00 e. The van der Waals surface area contributed by atoms with Crippen molar-refractivity contribution in [1.29, 1.82) is 0 Å². The maximum absolute atomic E-state index is 12.8. The van der Waals surface area contributed by atoms with Gasteiger partial charge in [-0.2, -0.15) is 0 Å². The third-order valence-electron chi connectivity index (χ3n) is 2.81. The second kappa shape index (κ2) is 6.74. The fourth-order valence-corrected chi connectivity index (χ4v) is 1.65. The summed E-state index contributed by atoms with van der Waals surface area (Å²) in [5, 5.41) is 0. The average molecular weight is 286 g/mol. The van der Waals surface area contributed by atoms with Crippen molar-refractivity contribution in [2.45, 2.75) is 19.3 Å². The summed E-state index contributed by atoms with van der Waals surface area (Å²) in [6, 6.07) is 2.52. The number of halogens is 4. The standard InChI is InChI=1S/C11H12BF4O.K/c13-9-3-4-11(10(7-9)12(14,15)16)17-6-5-8-1-2-8;/h3-4,7-8H,1-2,5-6H2;/q-1;+1. The first-order valence-electron chi connectivity index (χ1n) is 5.59. The summed E-state index contributed by atoms with van der Waals surface area (Å²) in [6.07, 6.45) is 3.02. The van der Waals surface area contributed by atoms with E-state index in [0.29, 0.717) is 12.0 Å². The molecule has 1 aromatic carbocycles. The minimum absolute atomic E-state index is 0. The van der Waals surface area contributed by atoms with Gasteiger partial charge in [0, 0.05) is 0 Å². The number of ether oxygens (including phenoxy) is 1. The molecule has 0 aromatic heterocycles. The van der Waals surface area contributed by atoms with Crippen LogP contribution in [-0.2, 0) is 0 Å². The molecule has 0 radical (unpaired) electrons. The molecule has 0 spiro atoms. The van der Waals surface area contributed by atoms with Gasteiger partial charge in [0.05, 0.1) is 12.4 Å². The zero-order valence-electron chi connectivity index (χ0n) is 10.1.